The molecule has 0 bridgehead atoms. The summed E-state index contributed by atoms with van der Waals surface area (Å²) in [6.45, 7) is 0.823. The van der Waals surface area contributed by atoms with Crippen LogP contribution >= 0.6 is 0 Å². The first-order valence-corrected chi connectivity index (χ1v) is 9.75. The predicted molar refractivity (Wildman–Crippen MR) is 101 cm³/mol. The maximum absolute atomic E-state index is 12.3. The van der Waals surface area contributed by atoms with Crippen molar-refractivity contribution >= 4 is 21.5 Å². The number of hydrogen-bond acceptors (Lipinski definition) is 6. The SMILES string of the molecule is O=S(=O)(Nc1ccc(NCc2ccc3c(c2)OCO3)cn1)c1ccccc1. The molecule has 3 aromatic rings. The second-order valence-electron chi connectivity index (χ2n) is 5.89. The number of hydrogen-bond donors (Lipinski definition) is 2. The molecule has 2 heterocycles. The molecule has 0 spiro atoms. The quantitative estimate of drug-likeness (QED) is 0.679. The Kier molecular flexibility index (Phi) is 4.55. The van der Waals surface area contributed by atoms with Gasteiger partial charge in [-0.2, -0.15) is 0 Å². The van der Waals surface area contributed by atoms with Crippen LogP contribution in [-0.2, 0) is 16.6 Å². The van der Waals surface area contributed by atoms with E-state index in [-0.39, 0.29) is 17.5 Å². The number of nitrogens with one attached hydrogen (secondary N) is 2. The van der Waals surface area contributed by atoms with Gasteiger partial charge in [-0.25, -0.2) is 13.4 Å². The fraction of sp³-hybridized carbons (Fsp3) is 0.105. The summed E-state index contributed by atoms with van der Waals surface area (Å²) in [5.41, 5.74) is 1.81. The average Bonchev–Trinajstić information content (AvgIpc) is 3.16. The topological polar surface area (TPSA) is 89.6 Å². The van der Waals surface area contributed by atoms with E-state index in [4.69, 9.17) is 9.47 Å². The van der Waals surface area contributed by atoms with Crippen LogP contribution in [0.1, 0.15) is 5.56 Å². The van der Waals surface area contributed by atoms with Crippen LogP contribution in [0.15, 0.2) is 71.8 Å². The van der Waals surface area contributed by atoms with E-state index in [2.05, 4.69) is 15.0 Å². The monoisotopic (exact) mass is 383 g/mol. The fourth-order valence-corrected chi connectivity index (χ4v) is 3.64. The maximum Gasteiger partial charge on any atom is 0.263 e. The first-order valence-electron chi connectivity index (χ1n) is 8.26. The van der Waals surface area contributed by atoms with Crippen molar-refractivity contribution in [2.75, 3.05) is 16.8 Å². The molecular formula is C19H17N3O4S. The Bertz CT molecular complexity index is 1040. The van der Waals surface area contributed by atoms with Gasteiger partial charge in [0.1, 0.15) is 5.82 Å². The molecule has 0 unspecified atom stereocenters. The lowest BCUT2D eigenvalue weighted by Gasteiger charge is -2.09. The number of aromatic nitrogens is 1. The maximum atomic E-state index is 12.3. The molecule has 0 radical (unpaired) electrons. The molecule has 1 aromatic heterocycles. The largest absolute Gasteiger partial charge is 0.454 e. The summed E-state index contributed by atoms with van der Waals surface area (Å²) >= 11 is 0. The molecule has 0 fully saturated rings. The Balaban J connectivity index is 1.39. The molecule has 4 rings (SSSR count). The van der Waals surface area contributed by atoms with Crippen molar-refractivity contribution in [3.63, 3.8) is 0 Å². The normalized spacial score (nSPS) is 12.6. The van der Waals surface area contributed by atoms with Crippen LogP contribution in [0.3, 0.4) is 0 Å². The summed E-state index contributed by atoms with van der Waals surface area (Å²) in [5.74, 6) is 1.74. The van der Waals surface area contributed by atoms with Gasteiger partial charge < -0.3 is 14.8 Å². The van der Waals surface area contributed by atoms with Crippen molar-refractivity contribution in [1.29, 1.82) is 0 Å². The van der Waals surface area contributed by atoms with Crippen molar-refractivity contribution in [3.05, 3.63) is 72.4 Å². The minimum Gasteiger partial charge on any atom is -0.454 e. The standard InChI is InChI=1S/C19H17N3O4S/c23-27(24,16-4-2-1-3-5-16)22-19-9-7-15(12-21-19)20-11-14-6-8-17-18(10-14)26-13-25-17/h1-10,12,20H,11,13H2,(H,21,22). The number of nitrogens with zero attached hydrogens (tertiary/aromatic N) is 1. The van der Waals surface area contributed by atoms with Crippen LogP contribution < -0.4 is 19.5 Å². The number of fused-ring (bicyclic) bond motifs is 1. The van der Waals surface area contributed by atoms with Crippen molar-refractivity contribution in [3.8, 4) is 11.5 Å². The molecule has 1 aliphatic rings. The van der Waals surface area contributed by atoms with E-state index in [1.807, 2.05) is 18.2 Å². The van der Waals surface area contributed by atoms with Gasteiger partial charge in [0.05, 0.1) is 16.8 Å². The third-order valence-electron chi connectivity index (χ3n) is 3.99. The first-order chi connectivity index (χ1) is 13.1. The number of ether oxygens (including phenoxy) is 2. The van der Waals surface area contributed by atoms with Crippen molar-refractivity contribution in [2.24, 2.45) is 0 Å². The summed E-state index contributed by atoms with van der Waals surface area (Å²) in [6, 6.07) is 17.3. The molecule has 0 amide bonds. The first kappa shape index (κ1) is 17.2. The summed E-state index contributed by atoms with van der Waals surface area (Å²) < 4.78 is 37.7. The smallest absolute Gasteiger partial charge is 0.263 e. The van der Waals surface area contributed by atoms with Crippen LogP contribution in [0, 0.1) is 0 Å². The lowest BCUT2D eigenvalue weighted by Crippen LogP contribution is -2.13. The highest BCUT2D eigenvalue weighted by Crippen LogP contribution is 2.32. The van der Waals surface area contributed by atoms with E-state index in [0.717, 1.165) is 22.7 Å². The molecule has 0 atom stereocenters. The van der Waals surface area contributed by atoms with Crippen LogP contribution in [0.2, 0.25) is 0 Å². The minimum atomic E-state index is -3.65. The third-order valence-corrected chi connectivity index (χ3v) is 5.36. The van der Waals surface area contributed by atoms with Crippen LogP contribution in [0.25, 0.3) is 0 Å². The molecule has 2 N–H and O–H groups in total. The highest BCUT2D eigenvalue weighted by Gasteiger charge is 2.14. The van der Waals surface area contributed by atoms with Crippen molar-refractivity contribution in [1.82, 2.24) is 4.98 Å². The zero-order valence-corrected chi connectivity index (χ0v) is 15.1. The van der Waals surface area contributed by atoms with E-state index < -0.39 is 10.0 Å². The molecule has 0 aliphatic carbocycles. The van der Waals surface area contributed by atoms with Gasteiger partial charge in [0.2, 0.25) is 6.79 Å². The predicted octanol–water partition coefficient (Wildman–Crippen LogP) is 3.22. The highest BCUT2D eigenvalue weighted by atomic mass is 32.2. The fourth-order valence-electron chi connectivity index (χ4n) is 2.61. The summed E-state index contributed by atoms with van der Waals surface area (Å²) in [7, 11) is -3.65. The van der Waals surface area contributed by atoms with Crippen LogP contribution in [0.4, 0.5) is 11.5 Å². The summed E-state index contributed by atoms with van der Waals surface area (Å²) in [5, 5.41) is 3.24. The number of sulfonamides is 1. The van der Waals surface area contributed by atoms with Gasteiger partial charge in [0.25, 0.3) is 10.0 Å². The Morgan fingerprint density at radius 2 is 1.78 bits per heavy atom. The molecule has 1 aliphatic heterocycles. The summed E-state index contributed by atoms with van der Waals surface area (Å²) in [6.07, 6.45) is 1.58. The number of pyridine rings is 1. The van der Waals surface area contributed by atoms with Gasteiger partial charge in [0.15, 0.2) is 11.5 Å². The number of anilines is 2. The molecule has 7 nitrogen and oxygen atoms in total. The van der Waals surface area contributed by atoms with E-state index in [9.17, 15) is 8.42 Å². The highest BCUT2D eigenvalue weighted by molar-refractivity contribution is 7.92. The van der Waals surface area contributed by atoms with E-state index >= 15 is 0 Å². The van der Waals surface area contributed by atoms with Gasteiger partial charge in [0, 0.05) is 6.54 Å². The van der Waals surface area contributed by atoms with Gasteiger partial charge >= 0.3 is 0 Å². The van der Waals surface area contributed by atoms with Crippen LogP contribution in [0.5, 0.6) is 11.5 Å². The number of rotatable bonds is 6. The van der Waals surface area contributed by atoms with E-state index in [1.165, 1.54) is 12.1 Å². The zero-order chi connectivity index (χ0) is 18.7. The second kappa shape index (κ2) is 7.16. The zero-order valence-electron chi connectivity index (χ0n) is 14.3. The second-order valence-corrected chi connectivity index (χ2v) is 7.57. The van der Waals surface area contributed by atoms with Crippen molar-refractivity contribution in [2.45, 2.75) is 11.4 Å². The Labute approximate surface area is 157 Å². The molecule has 2 aromatic carbocycles. The molecule has 8 heteroatoms. The third kappa shape index (κ3) is 3.95. The minimum absolute atomic E-state index is 0.191. The van der Waals surface area contributed by atoms with Crippen molar-refractivity contribution < 1.29 is 17.9 Å². The van der Waals surface area contributed by atoms with E-state index in [0.29, 0.717) is 6.54 Å². The molecular weight excluding hydrogens is 366 g/mol. The lowest BCUT2D eigenvalue weighted by molar-refractivity contribution is 0.174. The van der Waals surface area contributed by atoms with E-state index in [1.54, 1.807) is 36.5 Å². The van der Waals surface area contributed by atoms with Gasteiger partial charge in [-0.1, -0.05) is 24.3 Å². The molecule has 27 heavy (non-hydrogen) atoms. The van der Waals surface area contributed by atoms with Gasteiger partial charge in [-0.05, 0) is 42.0 Å². The Hall–Kier alpha value is -3.26. The molecule has 0 saturated heterocycles. The summed E-state index contributed by atoms with van der Waals surface area (Å²) in [4.78, 5) is 4.35. The Morgan fingerprint density at radius 1 is 0.963 bits per heavy atom. The lowest BCUT2D eigenvalue weighted by atomic mass is 10.2. The average molecular weight is 383 g/mol. The Morgan fingerprint density at radius 3 is 2.56 bits per heavy atom. The molecule has 138 valence electrons. The van der Waals surface area contributed by atoms with Gasteiger partial charge in [-0.3, -0.25) is 4.72 Å². The molecule has 0 saturated carbocycles. The van der Waals surface area contributed by atoms with Gasteiger partial charge in [-0.15, -0.1) is 0 Å². The van der Waals surface area contributed by atoms with Crippen LogP contribution in [-0.4, -0.2) is 20.2 Å². The number of benzene rings is 2.